The van der Waals surface area contributed by atoms with Gasteiger partial charge in [-0.25, -0.2) is 18.7 Å². The average Bonchev–Trinajstić information content (AvgIpc) is 3.12. The Morgan fingerprint density at radius 1 is 1.03 bits per heavy atom. The number of aromatic nitrogens is 3. The van der Waals surface area contributed by atoms with Gasteiger partial charge in [0.25, 0.3) is 0 Å². The van der Waals surface area contributed by atoms with E-state index in [1.165, 1.54) is 40.8 Å². The van der Waals surface area contributed by atoms with Crippen molar-refractivity contribution >= 4 is 5.65 Å². The zero-order valence-electron chi connectivity index (χ0n) is 16.5. The predicted molar refractivity (Wildman–Crippen MR) is 108 cm³/mol. The van der Waals surface area contributed by atoms with Crippen LogP contribution in [0.1, 0.15) is 12.0 Å². The lowest BCUT2D eigenvalue weighted by Gasteiger charge is -2.11. The first-order valence-corrected chi connectivity index (χ1v) is 9.63. The van der Waals surface area contributed by atoms with Crippen molar-refractivity contribution in [3.63, 3.8) is 0 Å². The number of para-hydroxylation sites is 1. The molecule has 6 nitrogen and oxygen atoms in total. The molecule has 0 unspecified atom stereocenters. The van der Waals surface area contributed by atoms with Crippen LogP contribution in [0.15, 0.2) is 65.6 Å². The highest BCUT2D eigenvalue weighted by Crippen LogP contribution is 2.28. The van der Waals surface area contributed by atoms with Crippen LogP contribution in [0.3, 0.4) is 0 Å². The summed E-state index contributed by atoms with van der Waals surface area (Å²) in [5.41, 5.74) is 1.93. The predicted octanol–water partition coefficient (Wildman–Crippen LogP) is 4.74. The number of H-pyrrole nitrogens is 1. The number of pyridine rings is 1. The summed E-state index contributed by atoms with van der Waals surface area (Å²) in [4.78, 5) is 12.1. The molecule has 4 aromatic rings. The molecule has 0 fully saturated rings. The number of halogens is 4. The van der Waals surface area contributed by atoms with Crippen LogP contribution in [0.5, 0.6) is 11.5 Å². The molecule has 32 heavy (non-hydrogen) atoms. The van der Waals surface area contributed by atoms with Gasteiger partial charge < -0.3 is 9.47 Å². The summed E-state index contributed by atoms with van der Waals surface area (Å²) in [5, 5.41) is 6.42. The molecule has 0 atom stereocenters. The molecule has 0 aliphatic carbocycles. The SMILES string of the molecule is O=c1[nH]nc2c(CCCOc3ccccc3F)cc(-c3ccc(OC(F)(F)F)cc3)cn12. The number of nitrogens with zero attached hydrogens (tertiary/aromatic N) is 2. The Kier molecular flexibility index (Phi) is 5.85. The first kappa shape index (κ1) is 21.4. The summed E-state index contributed by atoms with van der Waals surface area (Å²) in [6.45, 7) is 0.245. The van der Waals surface area contributed by atoms with Gasteiger partial charge in [0, 0.05) is 6.20 Å². The van der Waals surface area contributed by atoms with E-state index in [2.05, 4.69) is 14.9 Å². The Morgan fingerprint density at radius 2 is 1.78 bits per heavy atom. The van der Waals surface area contributed by atoms with E-state index in [1.54, 1.807) is 24.4 Å². The van der Waals surface area contributed by atoms with Crippen molar-refractivity contribution in [1.82, 2.24) is 14.6 Å². The van der Waals surface area contributed by atoms with E-state index in [0.29, 0.717) is 29.6 Å². The molecular formula is C22H17F4N3O3. The number of hydrogen-bond acceptors (Lipinski definition) is 4. The van der Waals surface area contributed by atoms with Crippen LogP contribution < -0.4 is 15.2 Å². The number of benzene rings is 2. The molecular weight excluding hydrogens is 430 g/mol. The maximum absolute atomic E-state index is 13.7. The summed E-state index contributed by atoms with van der Waals surface area (Å²) < 4.78 is 61.5. The minimum atomic E-state index is -4.78. The fraction of sp³-hybridized carbons (Fsp3) is 0.182. The number of nitrogens with one attached hydrogen (secondary N) is 1. The number of rotatable bonds is 7. The smallest absolute Gasteiger partial charge is 0.491 e. The van der Waals surface area contributed by atoms with Crippen molar-refractivity contribution < 1.29 is 27.0 Å². The van der Waals surface area contributed by atoms with Gasteiger partial charge in [0.2, 0.25) is 0 Å². The molecule has 2 heterocycles. The van der Waals surface area contributed by atoms with Gasteiger partial charge >= 0.3 is 12.1 Å². The average molecular weight is 447 g/mol. The molecule has 0 radical (unpaired) electrons. The van der Waals surface area contributed by atoms with Gasteiger partial charge in [-0.05, 0) is 59.9 Å². The first-order chi connectivity index (χ1) is 15.3. The zero-order chi connectivity index (χ0) is 22.7. The van der Waals surface area contributed by atoms with Gasteiger partial charge in [-0.1, -0.05) is 24.3 Å². The van der Waals surface area contributed by atoms with Crippen LogP contribution in [0, 0.1) is 5.82 Å². The zero-order valence-corrected chi connectivity index (χ0v) is 16.5. The van der Waals surface area contributed by atoms with Gasteiger partial charge in [-0.2, -0.15) is 5.10 Å². The number of hydrogen-bond donors (Lipinski definition) is 1. The normalized spacial score (nSPS) is 11.6. The molecule has 4 rings (SSSR count). The van der Waals surface area contributed by atoms with Gasteiger partial charge in [0.1, 0.15) is 5.75 Å². The number of ether oxygens (including phenoxy) is 2. The van der Waals surface area contributed by atoms with Gasteiger partial charge in [0.15, 0.2) is 17.2 Å². The van der Waals surface area contributed by atoms with E-state index in [-0.39, 0.29) is 18.1 Å². The molecule has 0 amide bonds. The highest BCUT2D eigenvalue weighted by molar-refractivity contribution is 5.67. The summed E-state index contributed by atoms with van der Waals surface area (Å²) in [6.07, 6.45) is -2.22. The fourth-order valence-corrected chi connectivity index (χ4v) is 3.28. The Hall–Kier alpha value is -3.82. The maximum atomic E-state index is 13.7. The number of fused-ring (bicyclic) bond motifs is 1. The minimum Gasteiger partial charge on any atom is -0.491 e. The van der Waals surface area contributed by atoms with E-state index in [9.17, 15) is 22.4 Å². The number of aromatic amines is 1. The van der Waals surface area contributed by atoms with Gasteiger partial charge in [-0.15, -0.1) is 13.2 Å². The van der Waals surface area contributed by atoms with E-state index >= 15 is 0 Å². The van der Waals surface area contributed by atoms with Crippen molar-refractivity contribution in [3.8, 4) is 22.6 Å². The van der Waals surface area contributed by atoms with E-state index in [0.717, 1.165) is 5.56 Å². The standard InChI is InChI=1S/C22H17F4N3O3/c23-18-5-1-2-6-19(18)31-11-3-4-15-12-16(13-29-20(15)27-28-21(29)30)14-7-9-17(10-8-14)32-22(24,25)26/h1-2,5-10,12-13H,3-4,11H2,(H,28,30). The summed E-state index contributed by atoms with van der Waals surface area (Å²) in [7, 11) is 0. The van der Waals surface area contributed by atoms with Crippen LogP contribution in [0.4, 0.5) is 17.6 Å². The summed E-state index contributed by atoms with van der Waals surface area (Å²) in [6, 6.07) is 13.2. The summed E-state index contributed by atoms with van der Waals surface area (Å²) >= 11 is 0. The van der Waals surface area contributed by atoms with Crippen molar-refractivity contribution in [2.45, 2.75) is 19.2 Å². The lowest BCUT2D eigenvalue weighted by Crippen LogP contribution is -2.16. The quantitative estimate of drug-likeness (QED) is 0.328. The van der Waals surface area contributed by atoms with Crippen LogP contribution >= 0.6 is 0 Å². The van der Waals surface area contributed by atoms with Crippen molar-refractivity contribution in [2.24, 2.45) is 0 Å². The molecule has 10 heteroatoms. The second kappa shape index (κ2) is 8.74. The molecule has 2 aromatic carbocycles. The highest BCUT2D eigenvalue weighted by atomic mass is 19.4. The van der Waals surface area contributed by atoms with Crippen molar-refractivity contribution in [3.05, 3.63) is 82.7 Å². The third kappa shape index (κ3) is 4.90. The molecule has 0 saturated heterocycles. The van der Waals surface area contributed by atoms with Crippen molar-refractivity contribution in [2.75, 3.05) is 6.61 Å². The largest absolute Gasteiger partial charge is 0.573 e. The van der Waals surface area contributed by atoms with E-state index in [4.69, 9.17) is 4.74 Å². The topological polar surface area (TPSA) is 68.6 Å². The summed E-state index contributed by atoms with van der Waals surface area (Å²) in [5.74, 6) is -0.634. The fourth-order valence-electron chi connectivity index (χ4n) is 3.28. The monoisotopic (exact) mass is 447 g/mol. The molecule has 2 aromatic heterocycles. The lowest BCUT2D eigenvalue weighted by atomic mass is 10.0. The third-order valence-electron chi connectivity index (χ3n) is 4.70. The van der Waals surface area contributed by atoms with Crippen LogP contribution in [-0.4, -0.2) is 27.6 Å². The minimum absolute atomic E-state index is 0.156. The van der Waals surface area contributed by atoms with Crippen LogP contribution in [0.25, 0.3) is 16.8 Å². The molecule has 0 aliphatic rings. The Labute approximate surface area is 179 Å². The molecule has 166 valence electrons. The van der Waals surface area contributed by atoms with Crippen LogP contribution in [-0.2, 0) is 6.42 Å². The molecule has 1 N–H and O–H groups in total. The lowest BCUT2D eigenvalue weighted by molar-refractivity contribution is -0.274. The molecule has 0 spiro atoms. The van der Waals surface area contributed by atoms with Crippen molar-refractivity contribution in [1.29, 1.82) is 0 Å². The molecule has 0 aliphatic heterocycles. The highest BCUT2D eigenvalue weighted by Gasteiger charge is 2.31. The Balaban J connectivity index is 1.54. The van der Waals surface area contributed by atoms with Gasteiger partial charge in [-0.3, -0.25) is 0 Å². The first-order valence-electron chi connectivity index (χ1n) is 9.63. The van der Waals surface area contributed by atoms with Crippen LogP contribution in [0.2, 0.25) is 0 Å². The Morgan fingerprint density at radius 3 is 2.50 bits per heavy atom. The third-order valence-corrected chi connectivity index (χ3v) is 4.70. The second-order valence-electron chi connectivity index (χ2n) is 6.93. The number of alkyl halides is 3. The second-order valence-corrected chi connectivity index (χ2v) is 6.93. The molecule has 0 saturated carbocycles. The van der Waals surface area contributed by atoms with Gasteiger partial charge in [0.05, 0.1) is 6.61 Å². The molecule has 0 bridgehead atoms. The number of aryl methyl sites for hydroxylation is 1. The maximum Gasteiger partial charge on any atom is 0.573 e. The van der Waals surface area contributed by atoms with E-state index < -0.39 is 17.9 Å². The Bertz CT molecular complexity index is 1280. The van der Waals surface area contributed by atoms with E-state index in [1.807, 2.05) is 0 Å².